The van der Waals surface area contributed by atoms with Crippen LogP contribution in [0.25, 0.3) is 0 Å². The second-order valence-electron chi connectivity index (χ2n) is 4.67. The van der Waals surface area contributed by atoms with Crippen molar-refractivity contribution in [3.05, 3.63) is 59.7 Å². The summed E-state index contributed by atoms with van der Waals surface area (Å²) in [6.07, 6.45) is 0. The van der Waals surface area contributed by atoms with Gasteiger partial charge in [0.2, 0.25) is 0 Å². The van der Waals surface area contributed by atoms with Gasteiger partial charge in [-0.1, -0.05) is 17.7 Å². The van der Waals surface area contributed by atoms with Crippen molar-refractivity contribution in [1.82, 2.24) is 0 Å². The van der Waals surface area contributed by atoms with Crippen molar-refractivity contribution >= 4 is 17.5 Å². The molecule has 1 atom stereocenters. The van der Waals surface area contributed by atoms with Gasteiger partial charge in [-0.25, -0.2) is 0 Å². The SMILES string of the molecule is COc1ccc(C(=O)C(C)Sc2ccc(C)cc2)cc1. The topological polar surface area (TPSA) is 26.3 Å². The highest BCUT2D eigenvalue weighted by Crippen LogP contribution is 2.26. The maximum absolute atomic E-state index is 12.4. The first-order valence-electron chi connectivity index (χ1n) is 6.52. The van der Waals surface area contributed by atoms with E-state index >= 15 is 0 Å². The number of Topliss-reactive ketones (excluding diaryl/α,β-unsaturated/α-hetero) is 1. The number of rotatable bonds is 5. The molecule has 0 saturated carbocycles. The monoisotopic (exact) mass is 286 g/mol. The molecular formula is C17H18O2S. The van der Waals surface area contributed by atoms with Gasteiger partial charge in [0.05, 0.1) is 12.4 Å². The Morgan fingerprint density at radius 1 is 1.05 bits per heavy atom. The molecule has 0 N–H and O–H groups in total. The number of benzene rings is 2. The van der Waals surface area contributed by atoms with E-state index in [0.29, 0.717) is 0 Å². The second-order valence-corrected chi connectivity index (χ2v) is 6.08. The third kappa shape index (κ3) is 3.64. The quantitative estimate of drug-likeness (QED) is 0.603. The number of ketones is 1. The number of methoxy groups -OCH3 is 1. The highest BCUT2D eigenvalue weighted by Gasteiger charge is 2.16. The number of carbonyl (C=O) groups is 1. The zero-order chi connectivity index (χ0) is 14.5. The lowest BCUT2D eigenvalue weighted by Crippen LogP contribution is -2.13. The molecule has 104 valence electrons. The van der Waals surface area contributed by atoms with Crippen LogP contribution in [-0.2, 0) is 0 Å². The first-order chi connectivity index (χ1) is 9.60. The maximum atomic E-state index is 12.4. The Morgan fingerprint density at radius 2 is 1.65 bits per heavy atom. The molecule has 2 nitrogen and oxygen atoms in total. The van der Waals surface area contributed by atoms with Crippen LogP contribution in [0, 0.1) is 6.92 Å². The van der Waals surface area contributed by atoms with E-state index < -0.39 is 0 Å². The summed E-state index contributed by atoms with van der Waals surface area (Å²) < 4.78 is 5.10. The largest absolute Gasteiger partial charge is 0.497 e. The van der Waals surface area contributed by atoms with Gasteiger partial charge < -0.3 is 4.74 Å². The summed E-state index contributed by atoms with van der Waals surface area (Å²) in [5, 5.41) is -0.105. The molecule has 2 rings (SSSR count). The van der Waals surface area contributed by atoms with Gasteiger partial charge in [0, 0.05) is 10.5 Å². The predicted octanol–water partition coefficient (Wildman–Crippen LogP) is 4.37. The van der Waals surface area contributed by atoms with Crippen LogP contribution < -0.4 is 4.74 Å². The second kappa shape index (κ2) is 6.62. The normalized spacial score (nSPS) is 11.9. The van der Waals surface area contributed by atoms with Crippen LogP contribution in [0.4, 0.5) is 0 Å². The third-order valence-corrected chi connectivity index (χ3v) is 4.19. The van der Waals surface area contributed by atoms with E-state index in [-0.39, 0.29) is 11.0 Å². The smallest absolute Gasteiger partial charge is 0.175 e. The Morgan fingerprint density at radius 3 is 2.20 bits per heavy atom. The van der Waals surface area contributed by atoms with Crippen molar-refractivity contribution in [3.63, 3.8) is 0 Å². The van der Waals surface area contributed by atoms with Crippen molar-refractivity contribution in [2.75, 3.05) is 7.11 Å². The molecule has 0 fully saturated rings. The molecule has 0 amide bonds. The average Bonchev–Trinajstić information content (AvgIpc) is 2.49. The standard InChI is InChI=1S/C17H18O2S/c1-12-4-10-16(11-5-12)20-13(2)17(18)14-6-8-15(19-3)9-7-14/h4-11,13H,1-3H3. The summed E-state index contributed by atoms with van der Waals surface area (Å²) >= 11 is 1.58. The number of hydrogen-bond acceptors (Lipinski definition) is 3. The molecule has 0 bridgehead atoms. The van der Waals surface area contributed by atoms with E-state index in [1.54, 1.807) is 18.9 Å². The van der Waals surface area contributed by atoms with E-state index in [2.05, 4.69) is 31.2 Å². The third-order valence-electron chi connectivity index (χ3n) is 3.08. The number of carbonyl (C=O) groups excluding carboxylic acids is 1. The van der Waals surface area contributed by atoms with Gasteiger partial charge >= 0.3 is 0 Å². The first-order valence-corrected chi connectivity index (χ1v) is 7.39. The molecule has 0 aliphatic rings. The highest BCUT2D eigenvalue weighted by atomic mass is 32.2. The van der Waals surface area contributed by atoms with E-state index in [0.717, 1.165) is 16.2 Å². The molecule has 0 aromatic heterocycles. The minimum absolute atomic E-state index is 0.105. The van der Waals surface area contributed by atoms with Crippen LogP contribution in [0.1, 0.15) is 22.8 Å². The van der Waals surface area contributed by atoms with E-state index in [1.165, 1.54) is 5.56 Å². The molecular weight excluding hydrogens is 268 g/mol. The highest BCUT2D eigenvalue weighted by molar-refractivity contribution is 8.00. The fourth-order valence-corrected chi connectivity index (χ4v) is 2.81. The summed E-state index contributed by atoms with van der Waals surface area (Å²) in [5.74, 6) is 0.901. The van der Waals surface area contributed by atoms with Crippen LogP contribution in [0.3, 0.4) is 0 Å². The molecule has 0 radical (unpaired) electrons. The van der Waals surface area contributed by atoms with Crippen LogP contribution >= 0.6 is 11.8 Å². The van der Waals surface area contributed by atoms with Gasteiger partial charge in [0.25, 0.3) is 0 Å². The Bertz CT molecular complexity index is 573. The number of aryl methyl sites for hydroxylation is 1. The lowest BCUT2D eigenvalue weighted by Gasteiger charge is -2.11. The van der Waals surface area contributed by atoms with Crippen LogP contribution in [-0.4, -0.2) is 18.1 Å². The lowest BCUT2D eigenvalue weighted by atomic mass is 10.1. The first kappa shape index (κ1) is 14.7. The minimum atomic E-state index is -0.105. The maximum Gasteiger partial charge on any atom is 0.175 e. The van der Waals surface area contributed by atoms with Crippen LogP contribution in [0.5, 0.6) is 5.75 Å². The van der Waals surface area contributed by atoms with Crippen molar-refractivity contribution in [1.29, 1.82) is 0 Å². The van der Waals surface area contributed by atoms with E-state index in [1.807, 2.05) is 31.2 Å². The summed E-state index contributed by atoms with van der Waals surface area (Å²) in [7, 11) is 1.62. The Balaban J connectivity index is 2.05. The number of thioether (sulfide) groups is 1. The average molecular weight is 286 g/mol. The van der Waals surface area contributed by atoms with Crippen LogP contribution in [0.2, 0.25) is 0 Å². The molecule has 0 aliphatic carbocycles. The predicted molar refractivity (Wildman–Crippen MR) is 83.8 cm³/mol. The molecule has 2 aromatic carbocycles. The van der Waals surface area contributed by atoms with Crippen molar-refractivity contribution < 1.29 is 9.53 Å². The van der Waals surface area contributed by atoms with Gasteiger partial charge in [-0.3, -0.25) is 4.79 Å². The zero-order valence-corrected chi connectivity index (χ0v) is 12.7. The van der Waals surface area contributed by atoms with Crippen molar-refractivity contribution in [2.45, 2.75) is 24.0 Å². The molecule has 1 unspecified atom stereocenters. The summed E-state index contributed by atoms with van der Waals surface area (Å²) in [5.41, 5.74) is 1.95. The molecule has 2 aromatic rings. The summed E-state index contributed by atoms with van der Waals surface area (Å²) in [6.45, 7) is 4.00. The van der Waals surface area contributed by atoms with Gasteiger partial charge in [-0.2, -0.15) is 0 Å². The Labute approximate surface area is 124 Å². The molecule has 0 spiro atoms. The Kier molecular flexibility index (Phi) is 4.85. The molecule has 0 heterocycles. The summed E-state index contributed by atoms with van der Waals surface area (Å²) in [6, 6.07) is 15.5. The fourth-order valence-electron chi connectivity index (χ4n) is 1.86. The molecule has 0 saturated heterocycles. The number of hydrogen-bond donors (Lipinski definition) is 0. The Hall–Kier alpha value is -1.74. The van der Waals surface area contributed by atoms with Crippen LogP contribution in [0.15, 0.2) is 53.4 Å². The summed E-state index contributed by atoms with van der Waals surface area (Å²) in [4.78, 5) is 13.5. The van der Waals surface area contributed by atoms with Crippen molar-refractivity contribution in [3.8, 4) is 5.75 Å². The van der Waals surface area contributed by atoms with Gasteiger partial charge in [0.15, 0.2) is 5.78 Å². The van der Waals surface area contributed by atoms with E-state index in [9.17, 15) is 4.79 Å². The molecule has 20 heavy (non-hydrogen) atoms. The zero-order valence-electron chi connectivity index (χ0n) is 11.9. The van der Waals surface area contributed by atoms with Gasteiger partial charge in [0.1, 0.15) is 5.75 Å². The van der Waals surface area contributed by atoms with Gasteiger partial charge in [-0.05, 0) is 50.2 Å². The number of ether oxygens (including phenoxy) is 1. The molecule has 0 aliphatic heterocycles. The van der Waals surface area contributed by atoms with E-state index in [4.69, 9.17) is 4.74 Å². The fraction of sp³-hybridized carbons (Fsp3) is 0.235. The molecule has 3 heteroatoms. The van der Waals surface area contributed by atoms with Crippen molar-refractivity contribution in [2.24, 2.45) is 0 Å². The van der Waals surface area contributed by atoms with Gasteiger partial charge in [-0.15, -0.1) is 11.8 Å². The lowest BCUT2D eigenvalue weighted by molar-refractivity contribution is 0.0994. The minimum Gasteiger partial charge on any atom is -0.497 e.